The van der Waals surface area contributed by atoms with E-state index in [-0.39, 0.29) is 12.3 Å². The minimum Gasteiger partial charge on any atom is -0.496 e. The summed E-state index contributed by atoms with van der Waals surface area (Å²) in [6, 6.07) is 7.59. The van der Waals surface area contributed by atoms with Gasteiger partial charge in [-0.05, 0) is 38.1 Å². The predicted octanol–water partition coefficient (Wildman–Crippen LogP) is 2.29. The molecule has 158 valence electrons. The fraction of sp³-hybridized carbons (Fsp3) is 0.429. The summed E-state index contributed by atoms with van der Waals surface area (Å²) >= 11 is 6.14. The summed E-state index contributed by atoms with van der Waals surface area (Å²) in [6.07, 6.45) is 0.184. The van der Waals surface area contributed by atoms with Gasteiger partial charge in [0.2, 0.25) is 5.91 Å². The summed E-state index contributed by atoms with van der Waals surface area (Å²) in [7, 11) is 1.66. The number of halogens is 1. The van der Waals surface area contributed by atoms with Gasteiger partial charge in [-0.25, -0.2) is 9.50 Å². The molecule has 0 bridgehead atoms. The minimum absolute atomic E-state index is 0.0419. The molecule has 1 fully saturated rings. The lowest BCUT2D eigenvalue weighted by atomic mass is 10.1. The smallest absolute Gasteiger partial charge is 0.252 e. The highest BCUT2D eigenvalue weighted by Crippen LogP contribution is 2.24. The highest BCUT2D eigenvalue weighted by Gasteiger charge is 2.23. The van der Waals surface area contributed by atoms with Crippen molar-refractivity contribution in [3.63, 3.8) is 0 Å². The second-order valence-corrected chi connectivity index (χ2v) is 8.01. The maximum Gasteiger partial charge on any atom is 0.252 e. The van der Waals surface area contributed by atoms with Crippen molar-refractivity contribution in [3.8, 4) is 5.75 Å². The molecule has 1 aromatic carbocycles. The van der Waals surface area contributed by atoms with Crippen LogP contribution < -0.4 is 4.74 Å². The molecule has 8 nitrogen and oxygen atoms in total. The Bertz CT molecular complexity index is 1070. The fourth-order valence-corrected chi connectivity index (χ4v) is 3.99. The molecule has 0 radical (unpaired) electrons. The number of methoxy groups -OCH3 is 1. The average Bonchev–Trinajstić information content (AvgIpc) is 3.11. The van der Waals surface area contributed by atoms with Crippen molar-refractivity contribution in [1.82, 2.24) is 29.4 Å². The molecule has 3 heterocycles. The number of amides is 1. The first kappa shape index (κ1) is 20.6. The highest BCUT2D eigenvalue weighted by atomic mass is 35.5. The molecule has 0 saturated carbocycles. The van der Waals surface area contributed by atoms with Gasteiger partial charge < -0.3 is 9.64 Å². The lowest BCUT2D eigenvalue weighted by molar-refractivity contribution is -0.132. The molecule has 1 saturated heterocycles. The number of piperazine rings is 1. The van der Waals surface area contributed by atoms with Gasteiger partial charge in [0.25, 0.3) is 5.78 Å². The quantitative estimate of drug-likeness (QED) is 0.620. The summed E-state index contributed by atoms with van der Waals surface area (Å²) in [5, 5.41) is 5.14. The number of hydrogen-bond acceptors (Lipinski definition) is 6. The topological polar surface area (TPSA) is 75.9 Å². The Morgan fingerprint density at radius 3 is 2.63 bits per heavy atom. The van der Waals surface area contributed by atoms with Gasteiger partial charge in [0.15, 0.2) is 5.82 Å². The third kappa shape index (κ3) is 4.39. The van der Waals surface area contributed by atoms with E-state index in [0.29, 0.717) is 29.7 Å². The first-order valence-electron chi connectivity index (χ1n) is 9.95. The van der Waals surface area contributed by atoms with Crippen molar-refractivity contribution < 1.29 is 9.53 Å². The molecule has 30 heavy (non-hydrogen) atoms. The number of fused-ring (bicyclic) bond motifs is 1. The Balaban J connectivity index is 1.36. The summed E-state index contributed by atoms with van der Waals surface area (Å²) in [4.78, 5) is 25.8. The Hall–Kier alpha value is -2.71. The number of aromatic nitrogens is 4. The van der Waals surface area contributed by atoms with Gasteiger partial charge in [-0.2, -0.15) is 4.98 Å². The van der Waals surface area contributed by atoms with E-state index in [1.54, 1.807) is 11.6 Å². The van der Waals surface area contributed by atoms with E-state index in [1.807, 2.05) is 43.0 Å². The molecule has 1 aliphatic heterocycles. The molecule has 9 heteroatoms. The molecule has 1 aliphatic rings. The van der Waals surface area contributed by atoms with Crippen LogP contribution in [0.2, 0.25) is 5.02 Å². The van der Waals surface area contributed by atoms with Crippen molar-refractivity contribution in [1.29, 1.82) is 0 Å². The second kappa shape index (κ2) is 8.57. The molecule has 3 aromatic rings. The molecule has 0 N–H and O–H groups in total. The molecular weight excluding hydrogens is 404 g/mol. The van der Waals surface area contributed by atoms with E-state index in [1.165, 1.54) is 0 Å². The normalized spacial score (nSPS) is 15.0. The lowest BCUT2D eigenvalue weighted by Crippen LogP contribution is -2.48. The standard InChI is InChI=1S/C21H25ClN6O2/c1-14-10-15(2)28-21(23-14)24-19(25-28)12-20(29)27-8-6-26(7-9-27)13-16-11-17(22)4-5-18(16)30-3/h4-5,10-11H,6-9,12-13H2,1-3H3. The monoisotopic (exact) mass is 428 g/mol. The van der Waals surface area contributed by atoms with Crippen LogP contribution in [-0.4, -0.2) is 68.6 Å². The Morgan fingerprint density at radius 2 is 1.90 bits per heavy atom. The van der Waals surface area contributed by atoms with E-state index < -0.39 is 0 Å². The summed E-state index contributed by atoms with van der Waals surface area (Å²) < 4.78 is 7.12. The third-order valence-electron chi connectivity index (χ3n) is 5.33. The highest BCUT2D eigenvalue weighted by molar-refractivity contribution is 6.30. The number of nitrogens with zero attached hydrogens (tertiary/aromatic N) is 6. The number of benzene rings is 1. The van der Waals surface area contributed by atoms with Crippen molar-refractivity contribution in [3.05, 3.63) is 52.1 Å². The lowest BCUT2D eigenvalue weighted by Gasteiger charge is -2.34. The van der Waals surface area contributed by atoms with E-state index in [9.17, 15) is 4.79 Å². The van der Waals surface area contributed by atoms with Crippen LogP contribution in [0.15, 0.2) is 24.3 Å². The van der Waals surface area contributed by atoms with E-state index in [4.69, 9.17) is 16.3 Å². The van der Waals surface area contributed by atoms with Crippen LogP contribution >= 0.6 is 11.6 Å². The van der Waals surface area contributed by atoms with Gasteiger partial charge in [-0.3, -0.25) is 9.69 Å². The second-order valence-electron chi connectivity index (χ2n) is 7.57. The van der Waals surface area contributed by atoms with Crippen LogP contribution in [0.25, 0.3) is 5.78 Å². The van der Waals surface area contributed by atoms with Crippen molar-refractivity contribution in [2.75, 3.05) is 33.3 Å². The van der Waals surface area contributed by atoms with Crippen LogP contribution in [0.5, 0.6) is 5.75 Å². The Labute approximate surface area is 180 Å². The van der Waals surface area contributed by atoms with Crippen molar-refractivity contribution in [2.45, 2.75) is 26.8 Å². The van der Waals surface area contributed by atoms with Gasteiger partial charge in [0.05, 0.1) is 13.5 Å². The van der Waals surface area contributed by atoms with Gasteiger partial charge in [0, 0.05) is 54.7 Å². The number of ether oxygens (including phenoxy) is 1. The molecule has 4 rings (SSSR count). The summed E-state index contributed by atoms with van der Waals surface area (Å²) in [5.41, 5.74) is 2.89. The number of aryl methyl sites for hydroxylation is 2. The average molecular weight is 429 g/mol. The Kier molecular flexibility index (Phi) is 5.87. The van der Waals surface area contributed by atoms with Crippen LogP contribution in [0, 0.1) is 13.8 Å². The number of hydrogen-bond donors (Lipinski definition) is 0. The first-order chi connectivity index (χ1) is 14.4. The Morgan fingerprint density at radius 1 is 1.13 bits per heavy atom. The maximum atomic E-state index is 12.8. The van der Waals surface area contributed by atoms with Crippen molar-refractivity contribution >= 4 is 23.3 Å². The predicted molar refractivity (Wildman–Crippen MR) is 114 cm³/mol. The van der Waals surface area contributed by atoms with Crippen molar-refractivity contribution in [2.24, 2.45) is 0 Å². The van der Waals surface area contributed by atoms with E-state index in [0.717, 1.165) is 42.3 Å². The summed E-state index contributed by atoms with van der Waals surface area (Å²) in [5.74, 6) is 1.91. The van der Waals surface area contributed by atoms with Crippen LogP contribution in [-0.2, 0) is 17.8 Å². The van der Waals surface area contributed by atoms with Gasteiger partial charge in [0.1, 0.15) is 5.75 Å². The van der Waals surface area contributed by atoms with E-state index in [2.05, 4.69) is 20.0 Å². The number of carbonyl (C=O) groups excluding carboxylic acids is 1. The molecule has 0 spiro atoms. The maximum absolute atomic E-state index is 12.8. The molecule has 2 aromatic heterocycles. The molecule has 0 atom stereocenters. The first-order valence-corrected chi connectivity index (χ1v) is 10.3. The number of rotatable bonds is 5. The zero-order valence-electron chi connectivity index (χ0n) is 17.4. The molecule has 1 amide bonds. The van der Waals surface area contributed by atoms with Crippen LogP contribution in [0.4, 0.5) is 0 Å². The largest absolute Gasteiger partial charge is 0.496 e. The third-order valence-corrected chi connectivity index (χ3v) is 5.57. The molecular formula is C21H25ClN6O2. The minimum atomic E-state index is 0.0419. The zero-order valence-corrected chi connectivity index (χ0v) is 18.2. The molecule has 0 unspecified atom stereocenters. The van der Waals surface area contributed by atoms with Crippen LogP contribution in [0.3, 0.4) is 0 Å². The zero-order chi connectivity index (χ0) is 21.3. The van der Waals surface area contributed by atoms with Gasteiger partial charge in [-0.1, -0.05) is 11.6 Å². The molecule has 0 aliphatic carbocycles. The van der Waals surface area contributed by atoms with Crippen LogP contribution in [0.1, 0.15) is 22.8 Å². The summed E-state index contributed by atoms with van der Waals surface area (Å²) in [6.45, 7) is 7.54. The van der Waals surface area contributed by atoms with Gasteiger partial charge >= 0.3 is 0 Å². The van der Waals surface area contributed by atoms with Gasteiger partial charge in [-0.15, -0.1) is 5.10 Å². The van der Waals surface area contributed by atoms with E-state index >= 15 is 0 Å². The number of carbonyl (C=O) groups is 1. The SMILES string of the molecule is COc1ccc(Cl)cc1CN1CCN(C(=O)Cc2nc3nc(C)cc(C)n3n2)CC1. The fourth-order valence-electron chi connectivity index (χ4n) is 3.80.